The molecular formula is C18H16FN3O2. The highest BCUT2D eigenvalue weighted by Crippen LogP contribution is 2.18. The summed E-state index contributed by atoms with van der Waals surface area (Å²) >= 11 is 0. The smallest absolute Gasteiger partial charge is 0.247 e. The second-order valence-corrected chi connectivity index (χ2v) is 5.43. The van der Waals surface area contributed by atoms with Gasteiger partial charge in [0.25, 0.3) is 0 Å². The molecule has 1 N–H and O–H groups in total. The fourth-order valence-corrected chi connectivity index (χ4v) is 2.23. The Kier molecular flexibility index (Phi) is 4.65. The lowest BCUT2D eigenvalue weighted by Gasteiger charge is -2.04. The molecule has 0 fully saturated rings. The van der Waals surface area contributed by atoms with Gasteiger partial charge in [0.1, 0.15) is 5.82 Å². The third-order valence-electron chi connectivity index (χ3n) is 3.43. The minimum atomic E-state index is -0.327. The minimum Gasteiger partial charge on any atom is -0.421 e. The molecule has 1 amide bonds. The zero-order chi connectivity index (χ0) is 16.9. The van der Waals surface area contributed by atoms with Gasteiger partial charge < -0.3 is 9.73 Å². The van der Waals surface area contributed by atoms with Crippen LogP contribution in [0.2, 0.25) is 0 Å². The monoisotopic (exact) mass is 325 g/mol. The van der Waals surface area contributed by atoms with Crippen LogP contribution in [0.1, 0.15) is 17.9 Å². The van der Waals surface area contributed by atoms with Crippen molar-refractivity contribution >= 4 is 11.6 Å². The molecule has 0 aliphatic carbocycles. The Bertz CT molecular complexity index is 843. The predicted octanol–water partition coefficient (Wildman–Crippen LogP) is 3.76. The molecule has 3 aromatic rings. The second-order valence-electron chi connectivity index (χ2n) is 5.43. The fourth-order valence-electron chi connectivity index (χ4n) is 2.23. The first-order valence-electron chi connectivity index (χ1n) is 7.55. The van der Waals surface area contributed by atoms with Crippen molar-refractivity contribution in [2.45, 2.75) is 19.8 Å². The molecule has 2 aromatic carbocycles. The van der Waals surface area contributed by atoms with E-state index in [9.17, 15) is 9.18 Å². The molecule has 1 heterocycles. The van der Waals surface area contributed by atoms with Crippen LogP contribution in [-0.4, -0.2) is 16.1 Å². The van der Waals surface area contributed by atoms with E-state index < -0.39 is 0 Å². The number of hydrogen-bond acceptors (Lipinski definition) is 4. The van der Waals surface area contributed by atoms with E-state index in [1.54, 1.807) is 12.1 Å². The number of hydrogen-bond donors (Lipinski definition) is 1. The summed E-state index contributed by atoms with van der Waals surface area (Å²) in [5.41, 5.74) is 2.48. The highest BCUT2D eigenvalue weighted by Gasteiger charge is 2.11. The highest BCUT2D eigenvalue weighted by atomic mass is 19.1. The van der Waals surface area contributed by atoms with Crippen molar-refractivity contribution in [1.29, 1.82) is 0 Å². The number of aromatic nitrogens is 2. The Morgan fingerprint density at radius 3 is 2.71 bits per heavy atom. The van der Waals surface area contributed by atoms with Crippen molar-refractivity contribution in [3.63, 3.8) is 0 Å². The lowest BCUT2D eigenvalue weighted by molar-refractivity contribution is -0.116. The summed E-state index contributed by atoms with van der Waals surface area (Å²) in [6.07, 6.45) is 0.574. The van der Waals surface area contributed by atoms with Gasteiger partial charge in [-0.3, -0.25) is 4.79 Å². The van der Waals surface area contributed by atoms with Crippen molar-refractivity contribution < 1.29 is 13.6 Å². The molecular weight excluding hydrogens is 309 g/mol. The number of halogens is 1. The van der Waals surface area contributed by atoms with Crippen molar-refractivity contribution in [3.05, 3.63) is 65.8 Å². The standard InChI is InChI=1S/C18H16FN3O2/c1-12-3-2-4-15(11-12)20-16(23)9-10-17-21-22-18(24-17)13-5-7-14(19)8-6-13/h2-8,11H,9-10H2,1H3,(H,20,23). The van der Waals surface area contributed by atoms with Crippen LogP contribution >= 0.6 is 0 Å². The number of carbonyl (C=O) groups is 1. The molecule has 0 atom stereocenters. The van der Waals surface area contributed by atoms with Crippen LogP contribution in [-0.2, 0) is 11.2 Å². The first-order chi connectivity index (χ1) is 11.6. The maximum absolute atomic E-state index is 12.9. The summed E-state index contributed by atoms with van der Waals surface area (Å²) in [7, 11) is 0. The quantitative estimate of drug-likeness (QED) is 0.775. The fraction of sp³-hybridized carbons (Fsp3) is 0.167. The minimum absolute atomic E-state index is 0.123. The first kappa shape index (κ1) is 15.9. The number of carbonyl (C=O) groups excluding carboxylic acids is 1. The highest BCUT2D eigenvalue weighted by molar-refractivity contribution is 5.90. The molecule has 6 heteroatoms. The SMILES string of the molecule is Cc1cccc(NC(=O)CCc2nnc(-c3ccc(F)cc3)o2)c1. The largest absolute Gasteiger partial charge is 0.421 e. The third-order valence-corrected chi connectivity index (χ3v) is 3.43. The summed E-state index contributed by atoms with van der Waals surface area (Å²) in [6, 6.07) is 13.4. The molecule has 0 aliphatic rings. The van der Waals surface area contributed by atoms with E-state index in [0.29, 0.717) is 23.8 Å². The van der Waals surface area contributed by atoms with Gasteiger partial charge in [-0.2, -0.15) is 0 Å². The lowest BCUT2D eigenvalue weighted by atomic mass is 10.2. The zero-order valence-corrected chi connectivity index (χ0v) is 13.1. The van der Waals surface area contributed by atoms with E-state index in [1.807, 2.05) is 31.2 Å². The van der Waals surface area contributed by atoms with Crippen molar-refractivity contribution in [2.24, 2.45) is 0 Å². The maximum Gasteiger partial charge on any atom is 0.247 e. The average Bonchev–Trinajstić information content (AvgIpc) is 3.03. The number of nitrogens with one attached hydrogen (secondary N) is 1. The van der Waals surface area contributed by atoms with Gasteiger partial charge in [-0.25, -0.2) is 4.39 Å². The Morgan fingerprint density at radius 2 is 1.96 bits per heavy atom. The predicted molar refractivity (Wildman–Crippen MR) is 87.8 cm³/mol. The summed E-state index contributed by atoms with van der Waals surface area (Å²) in [5, 5.41) is 10.7. The maximum atomic E-state index is 12.9. The molecule has 0 aliphatic heterocycles. The summed E-state index contributed by atoms with van der Waals surface area (Å²) in [4.78, 5) is 12.0. The molecule has 0 saturated carbocycles. The molecule has 5 nitrogen and oxygen atoms in total. The van der Waals surface area contributed by atoms with Gasteiger partial charge in [-0.15, -0.1) is 10.2 Å². The van der Waals surface area contributed by atoms with Gasteiger partial charge in [-0.05, 0) is 48.9 Å². The van der Waals surface area contributed by atoms with Crippen LogP contribution in [0.25, 0.3) is 11.5 Å². The summed E-state index contributed by atoms with van der Waals surface area (Å²) in [6.45, 7) is 1.96. The molecule has 24 heavy (non-hydrogen) atoms. The Morgan fingerprint density at radius 1 is 1.17 bits per heavy atom. The van der Waals surface area contributed by atoms with E-state index in [-0.39, 0.29) is 18.1 Å². The van der Waals surface area contributed by atoms with Gasteiger partial charge >= 0.3 is 0 Å². The molecule has 0 saturated heterocycles. The van der Waals surface area contributed by atoms with Crippen LogP contribution < -0.4 is 5.32 Å². The van der Waals surface area contributed by atoms with Crippen LogP contribution in [0.4, 0.5) is 10.1 Å². The lowest BCUT2D eigenvalue weighted by Crippen LogP contribution is -2.12. The van der Waals surface area contributed by atoms with Crippen LogP contribution in [0, 0.1) is 12.7 Å². The van der Waals surface area contributed by atoms with Gasteiger partial charge in [0.05, 0.1) is 0 Å². The van der Waals surface area contributed by atoms with E-state index in [0.717, 1.165) is 11.3 Å². The first-order valence-corrected chi connectivity index (χ1v) is 7.55. The topological polar surface area (TPSA) is 68.0 Å². The molecule has 122 valence electrons. The molecule has 3 rings (SSSR count). The third kappa shape index (κ3) is 4.04. The van der Waals surface area contributed by atoms with Gasteiger partial charge in [0.2, 0.25) is 17.7 Å². The molecule has 0 spiro atoms. The molecule has 0 radical (unpaired) electrons. The summed E-state index contributed by atoms with van der Waals surface area (Å²) in [5.74, 6) is 0.228. The van der Waals surface area contributed by atoms with Crippen molar-refractivity contribution in [1.82, 2.24) is 10.2 Å². The number of nitrogens with zero attached hydrogens (tertiary/aromatic N) is 2. The van der Waals surface area contributed by atoms with E-state index in [4.69, 9.17) is 4.42 Å². The van der Waals surface area contributed by atoms with Crippen molar-refractivity contribution in [3.8, 4) is 11.5 Å². The number of aryl methyl sites for hydroxylation is 2. The van der Waals surface area contributed by atoms with E-state index >= 15 is 0 Å². The summed E-state index contributed by atoms with van der Waals surface area (Å²) < 4.78 is 18.4. The molecule has 0 bridgehead atoms. The number of benzene rings is 2. The number of rotatable bonds is 5. The van der Waals surface area contributed by atoms with Gasteiger partial charge in [-0.1, -0.05) is 12.1 Å². The van der Waals surface area contributed by atoms with E-state index in [2.05, 4.69) is 15.5 Å². The van der Waals surface area contributed by atoms with Gasteiger partial charge in [0, 0.05) is 24.1 Å². The Balaban J connectivity index is 1.57. The Hall–Kier alpha value is -3.02. The van der Waals surface area contributed by atoms with Crippen molar-refractivity contribution in [2.75, 3.05) is 5.32 Å². The average molecular weight is 325 g/mol. The number of amides is 1. The van der Waals surface area contributed by atoms with E-state index in [1.165, 1.54) is 12.1 Å². The van der Waals surface area contributed by atoms with Crippen LogP contribution in [0.5, 0.6) is 0 Å². The molecule has 1 aromatic heterocycles. The van der Waals surface area contributed by atoms with Crippen LogP contribution in [0.3, 0.4) is 0 Å². The molecule has 0 unspecified atom stereocenters. The van der Waals surface area contributed by atoms with Gasteiger partial charge in [0.15, 0.2) is 0 Å². The Labute approximate surface area is 138 Å². The number of anilines is 1. The second kappa shape index (κ2) is 7.04. The zero-order valence-electron chi connectivity index (χ0n) is 13.1. The normalized spacial score (nSPS) is 10.6. The van der Waals surface area contributed by atoms with Crippen LogP contribution in [0.15, 0.2) is 52.9 Å².